The Morgan fingerprint density at radius 3 is 2.29 bits per heavy atom. The normalized spacial score (nSPS) is 12.0. The van der Waals surface area contributed by atoms with Gasteiger partial charge in [0.25, 0.3) is 6.01 Å². The molecule has 0 aliphatic heterocycles. The number of rotatable bonds is 12. The number of aromatic nitrogens is 1. The molecular formula is C29H28BrF2N2O6P. The van der Waals surface area contributed by atoms with Crippen LogP contribution in [0.4, 0.5) is 14.8 Å². The molecule has 0 spiro atoms. The van der Waals surface area contributed by atoms with Crippen molar-refractivity contribution in [3.8, 4) is 22.5 Å². The van der Waals surface area contributed by atoms with Crippen LogP contribution in [0.5, 0.6) is 0 Å². The van der Waals surface area contributed by atoms with Crippen molar-refractivity contribution in [2.75, 3.05) is 25.2 Å². The van der Waals surface area contributed by atoms with Gasteiger partial charge < -0.3 is 23.5 Å². The van der Waals surface area contributed by atoms with Crippen molar-refractivity contribution < 1.29 is 36.7 Å². The lowest BCUT2D eigenvalue weighted by atomic mass is 9.98. The quantitative estimate of drug-likeness (QED) is 0.153. The Hall–Kier alpha value is -3.37. The van der Waals surface area contributed by atoms with Gasteiger partial charge in [-0.2, -0.15) is 8.78 Å². The van der Waals surface area contributed by atoms with Crippen LogP contribution >= 0.6 is 23.5 Å². The minimum absolute atomic E-state index is 0.0608. The van der Waals surface area contributed by atoms with Gasteiger partial charge in [-0.25, -0.2) is 9.78 Å². The summed E-state index contributed by atoms with van der Waals surface area (Å²) in [6.45, 7) is 2.85. The van der Waals surface area contributed by atoms with Crippen LogP contribution in [0.15, 0.2) is 81.8 Å². The SMILES string of the molecule is CCOP(=O)(OCC)C(F)(F)c1ccc(CN(C)c2ncc(-c3ccc(-c4ccccc4C(=O)O)cc3)o2)cc1Br. The molecule has 4 aromatic rings. The van der Waals surface area contributed by atoms with Crippen molar-refractivity contribution >= 4 is 35.5 Å². The third kappa shape index (κ3) is 6.43. The van der Waals surface area contributed by atoms with E-state index in [1.807, 2.05) is 24.3 Å². The van der Waals surface area contributed by atoms with Gasteiger partial charge in [-0.1, -0.05) is 70.5 Å². The molecular weight excluding hydrogens is 621 g/mol. The fourth-order valence-corrected chi connectivity index (χ4v) is 6.64. The molecule has 0 aliphatic carbocycles. The Bertz CT molecular complexity index is 1570. The maximum Gasteiger partial charge on any atom is 0.404 e. The number of carbonyl (C=O) groups is 1. The molecule has 0 fully saturated rings. The van der Waals surface area contributed by atoms with Crippen LogP contribution in [-0.2, 0) is 25.8 Å². The highest BCUT2D eigenvalue weighted by atomic mass is 79.9. The Morgan fingerprint density at radius 1 is 1.05 bits per heavy atom. The van der Waals surface area contributed by atoms with Crippen molar-refractivity contribution in [1.82, 2.24) is 4.98 Å². The topological polar surface area (TPSA) is 102 Å². The van der Waals surface area contributed by atoms with Gasteiger partial charge in [0.05, 0.1) is 25.0 Å². The van der Waals surface area contributed by atoms with Gasteiger partial charge >= 0.3 is 19.2 Å². The van der Waals surface area contributed by atoms with Gasteiger partial charge in [-0.05, 0) is 42.7 Å². The summed E-state index contributed by atoms with van der Waals surface area (Å²) in [5, 5.41) is 9.47. The average Bonchev–Trinajstić information content (AvgIpc) is 3.44. The minimum Gasteiger partial charge on any atom is -0.478 e. The maximum atomic E-state index is 15.2. The summed E-state index contributed by atoms with van der Waals surface area (Å²) >= 11 is 3.19. The molecule has 0 radical (unpaired) electrons. The van der Waals surface area contributed by atoms with Gasteiger partial charge in [0.2, 0.25) is 0 Å². The van der Waals surface area contributed by atoms with E-state index >= 15 is 8.78 Å². The number of oxazole rings is 1. The van der Waals surface area contributed by atoms with E-state index in [4.69, 9.17) is 13.5 Å². The number of alkyl halides is 2. The Balaban J connectivity index is 1.49. The summed E-state index contributed by atoms with van der Waals surface area (Å²) in [5.74, 6) is -0.498. The van der Waals surface area contributed by atoms with Gasteiger partial charge in [0.15, 0.2) is 5.76 Å². The van der Waals surface area contributed by atoms with Crippen LogP contribution in [0.1, 0.15) is 35.3 Å². The number of carboxylic acid groups (broad SMARTS) is 1. The second-order valence-corrected chi connectivity index (χ2v) is 11.9. The molecule has 0 aliphatic rings. The predicted octanol–water partition coefficient (Wildman–Crippen LogP) is 8.42. The second kappa shape index (κ2) is 12.7. The molecule has 1 aromatic heterocycles. The van der Waals surface area contributed by atoms with Crippen LogP contribution in [0.3, 0.4) is 0 Å². The van der Waals surface area contributed by atoms with Crippen molar-refractivity contribution in [2.45, 2.75) is 26.1 Å². The van der Waals surface area contributed by atoms with E-state index < -0.39 is 24.8 Å². The molecule has 0 unspecified atom stereocenters. The minimum atomic E-state index is -4.74. The van der Waals surface area contributed by atoms with Crippen molar-refractivity contribution in [1.29, 1.82) is 0 Å². The first kappa shape index (κ1) is 30.6. The van der Waals surface area contributed by atoms with Crippen LogP contribution in [0.2, 0.25) is 0 Å². The number of benzene rings is 3. The number of hydrogen-bond acceptors (Lipinski definition) is 7. The number of aromatic carboxylic acids is 1. The fourth-order valence-electron chi connectivity index (χ4n) is 4.24. The van der Waals surface area contributed by atoms with Crippen LogP contribution in [0.25, 0.3) is 22.5 Å². The molecule has 0 saturated heterocycles. The van der Waals surface area contributed by atoms with E-state index in [1.54, 1.807) is 42.4 Å². The molecule has 0 atom stereocenters. The van der Waals surface area contributed by atoms with Gasteiger partial charge in [-0.15, -0.1) is 0 Å². The molecule has 1 N–H and O–H groups in total. The van der Waals surface area contributed by atoms with E-state index in [9.17, 15) is 14.5 Å². The van der Waals surface area contributed by atoms with Gasteiger partial charge in [0.1, 0.15) is 0 Å². The third-order valence-electron chi connectivity index (χ3n) is 6.18. The van der Waals surface area contributed by atoms with Crippen molar-refractivity contribution in [2.24, 2.45) is 0 Å². The lowest BCUT2D eigenvalue weighted by molar-refractivity contribution is 0.0354. The molecule has 4 rings (SSSR count). The zero-order valence-corrected chi connectivity index (χ0v) is 25.0. The number of halogens is 3. The standard InChI is InChI=1S/C29H28BrF2N2O6P/c1-4-38-41(37,39-5-2)29(31,32)24-15-10-19(16-25(24)30)18-34(3)28-33-17-26(40-28)21-13-11-20(12-14-21)22-8-6-7-9-23(22)27(35)36/h6-17H,4-5,18H2,1-3H3,(H,35,36). The predicted molar refractivity (Wildman–Crippen MR) is 155 cm³/mol. The molecule has 0 amide bonds. The summed E-state index contributed by atoms with van der Waals surface area (Å²) in [4.78, 5) is 17.6. The van der Waals surface area contributed by atoms with Crippen molar-refractivity contribution in [3.05, 3.63) is 94.1 Å². The van der Waals surface area contributed by atoms with E-state index in [1.165, 1.54) is 32.0 Å². The van der Waals surface area contributed by atoms with Gasteiger partial charge in [0, 0.05) is 29.2 Å². The van der Waals surface area contributed by atoms with Crippen LogP contribution in [-0.4, -0.2) is 36.3 Å². The molecule has 12 heteroatoms. The summed E-state index contributed by atoms with van der Waals surface area (Å²) in [6, 6.07) is 18.6. The molecule has 0 saturated carbocycles. The third-order valence-corrected chi connectivity index (χ3v) is 8.96. The second-order valence-electron chi connectivity index (χ2n) is 8.98. The van der Waals surface area contributed by atoms with Gasteiger partial charge in [-0.3, -0.25) is 4.57 Å². The fraction of sp³-hybridized carbons (Fsp3) is 0.241. The summed E-state index contributed by atoms with van der Waals surface area (Å²) in [7, 11) is -2.99. The molecule has 3 aromatic carbocycles. The number of hydrogen-bond donors (Lipinski definition) is 1. The monoisotopic (exact) mass is 648 g/mol. The van der Waals surface area contributed by atoms with E-state index in [-0.39, 0.29) is 29.8 Å². The zero-order valence-electron chi connectivity index (χ0n) is 22.5. The Morgan fingerprint density at radius 2 is 1.68 bits per heavy atom. The van der Waals surface area contributed by atoms with Crippen LogP contribution < -0.4 is 4.90 Å². The van der Waals surface area contributed by atoms with E-state index in [0.29, 0.717) is 22.9 Å². The first-order valence-electron chi connectivity index (χ1n) is 12.7. The molecule has 0 bridgehead atoms. The summed E-state index contributed by atoms with van der Waals surface area (Å²) in [6.07, 6.45) is 1.57. The molecule has 216 valence electrons. The highest BCUT2D eigenvalue weighted by Gasteiger charge is 2.55. The first-order chi connectivity index (χ1) is 19.5. The number of anilines is 1. The number of nitrogens with zero attached hydrogens (tertiary/aromatic N) is 2. The highest BCUT2D eigenvalue weighted by Crippen LogP contribution is 2.67. The van der Waals surface area contributed by atoms with E-state index in [2.05, 4.69) is 20.9 Å². The zero-order chi connectivity index (χ0) is 29.8. The van der Waals surface area contributed by atoms with Crippen molar-refractivity contribution in [3.63, 3.8) is 0 Å². The summed E-state index contributed by atoms with van der Waals surface area (Å²) < 4.78 is 59.1. The molecule has 41 heavy (non-hydrogen) atoms. The lowest BCUT2D eigenvalue weighted by Crippen LogP contribution is -2.20. The van der Waals surface area contributed by atoms with Crippen LogP contribution in [0, 0.1) is 0 Å². The van der Waals surface area contributed by atoms with E-state index in [0.717, 1.165) is 11.1 Å². The Kier molecular flexibility index (Phi) is 9.44. The summed E-state index contributed by atoms with van der Waals surface area (Å²) in [5.41, 5.74) is -1.36. The lowest BCUT2D eigenvalue weighted by Gasteiger charge is -2.27. The number of carboxylic acids is 1. The first-order valence-corrected chi connectivity index (χ1v) is 15.0. The molecule has 1 heterocycles. The Labute approximate surface area is 244 Å². The highest BCUT2D eigenvalue weighted by molar-refractivity contribution is 9.10. The smallest absolute Gasteiger partial charge is 0.404 e. The molecule has 8 nitrogen and oxygen atoms in total. The largest absolute Gasteiger partial charge is 0.478 e. The maximum absolute atomic E-state index is 15.2. The average molecular weight is 649 g/mol.